The van der Waals surface area contributed by atoms with Crippen LogP contribution in [0.3, 0.4) is 0 Å². The van der Waals surface area contributed by atoms with Crippen LogP contribution in [-0.4, -0.2) is 29.6 Å². The van der Waals surface area contributed by atoms with Crippen LogP contribution >= 0.6 is 0 Å². The molecule has 3 atom stereocenters. The van der Waals surface area contributed by atoms with E-state index in [1.54, 1.807) is 13.0 Å². The Morgan fingerprint density at radius 2 is 2.14 bits per heavy atom. The van der Waals surface area contributed by atoms with Gasteiger partial charge >= 0.3 is 5.97 Å². The molecule has 4 nitrogen and oxygen atoms in total. The number of ketones is 1. The average Bonchev–Trinajstić information content (AvgIpc) is 2.39. The lowest BCUT2D eigenvalue weighted by atomic mass is 9.61. The molecule has 1 heterocycles. The van der Waals surface area contributed by atoms with Crippen molar-refractivity contribution in [3.05, 3.63) is 12.2 Å². The Bertz CT molecular complexity index is 346. The third-order valence-electron chi connectivity index (χ3n) is 3.55. The number of esters is 1. The van der Waals surface area contributed by atoms with Crippen molar-refractivity contribution in [2.75, 3.05) is 6.61 Å². The first-order valence-electron chi connectivity index (χ1n) is 4.50. The van der Waals surface area contributed by atoms with E-state index in [4.69, 9.17) is 4.74 Å². The van der Waals surface area contributed by atoms with Crippen LogP contribution in [0.15, 0.2) is 12.2 Å². The number of carbonyl (C=O) groups excluding carboxylic acids is 2. The molecule has 0 spiro atoms. The van der Waals surface area contributed by atoms with Crippen molar-refractivity contribution in [3.8, 4) is 0 Å². The Morgan fingerprint density at radius 1 is 1.50 bits per heavy atom. The quantitative estimate of drug-likeness (QED) is 0.556. The highest BCUT2D eigenvalue weighted by molar-refractivity contribution is 6.00. The molecule has 0 aromatic heterocycles. The van der Waals surface area contributed by atoms with Gasteiger partial charge in [-0.1, -0.05) is 13.0 Å². The number of hydrogen-bond donors (Lipinski definition) is 1. The molecular weight excluding hydrogens is 184 g/mol. The van der Waals surface area contributed by atoms with Gasteiger partial charge in [0.05, 0.1) is 0 Å². The van der Waals surface area contributed by atoms with E-state index >= 15 is 0 Å². The number of hydrogen-bond acceptors (Lipinski definition) is 4. The van der Waals surface area contributed by atoms with E-state index in [-0.39, 0.29) is 6.61 Å². The zero-order valence-corrected chi connectivity index (χ0v) is 8.11. The lowest BCUT2D eigenvalue weighted by molar-refractivity contribution is -0.157. The van der Waals surface area contributed by atoms with Gasteiger partial charge in [-0.2, -0.15) is 0 Å². The lowest BCUT2D eigenvalue weighted by Crippen LogP contribution is -2.52. The molecule has 14 heavy (non-hydrogen) atoms. The Morgan fingerprint density at radius 3 is 2.79 bits per heavy atom. The first-order valence-corrected chi connectivity index (χ1v) is 4.50. The van der Waals surface area contributed by atoms with Crippen LogP contribution in [-0.2, 0) is 14.3 Å². The molecule has 76 valence electrons. The molecule has 2 aliphatic rings. The summed E-state index contributed by atoms with van der Waals surface area (Å²) in [4.78, 5) is 22.8. The summed E-state index contributed by atoms with van der Waals surface area (Å²) in [5, 5.41) is 9.74. The molecule has 1 aliphatic carbocycles. The first-order chi connectivity index (χ1) is 6.42. The van der Waals surface area contributed by atoms with E-state index < -0.39 is 28.7 Å². The van der Waals surface area contributed by atoms with Gasteiger partial charge in [-0.25, -0.2) is 0 Å². The zero-order valence-electron chi connectivity index (χ0n) is 8.11. The van der Waals surface area contributed by atoms with Gasteiger partial charge in [-0.3, -0.25) is 9.59 Å². The van der Waals surface area contributed by atoms with Crippen molar-refractivity contribution < 1.29 is 19.4 Å². The second kappa shape index (κ2) is 2.45. The Hall–Kier alpha value is -1.16. The number of cyclic esters (lactones) is 1. The topological polar surface area (TPSA) is 63.6 Å². The summed E-state index contributed by atoms with van der Waals surface area (Å²) < 4.78 is 4.92. The van der Waals surface area contributed by atoms with E-state index in [1.807, 2.05) is 6.92 Å². The van der Waals surface area contributed by atoms with Crippen LogP contribution in [0.1, 0.15) is 13.8 Å². The second-order valence-corrected chi connectivity index (χ2v) is 4.33. The molecule has 1 fully saturated rings. The van der Waals surface area contributed by atoms with E-state index in [2.05, 4.69) is 0 Å². The molecule has 0 bridgehead atoms. The maximum Gasteiger partial charge on any atom is 0.315 e. The molecule has 1 aliphatic heterocycles. The van der Waals surface area contributed by atoms with Crippen molar-refractivity contribution in [1.29, 1.82) is 0 Å². The molecule has 0 radical (unpaired) electrons. The van der Waals surface area contributed by atoms with Gasteiger partial charge in [-0.15, -0.1) is 0 Å². The minimum Gasteiger partial charge on any atom is -0.464 e. The summed E-state index contributed by atoms with van der Waals surface area (Å²) in [5.74, 6) is -0.922. The van der Waals surface area contributed by atoms with Crippen molar-refractivity contribution in [2.45, 2.75) is 20.0 Å². The first kappa shape index (κ1) is 9.40. The van der Waals surface area contributed by atoms with Gasteiger partial charge in [0.25, 0.3) is 0 Å². The van der Waals surface area contributed by atoms with Crippen LogP contribution in [0.25, 0.3) is 0 Å². The maximum absolute atomic E-state index is 11.5. The van der Waals surface area contributed by atoms with Gasteiger partial charge in [0.2, 0.25) is 0 Å². The van der Waals surface area contributed by atoms with Gasteiger partial charge in [0.1, 0.15) is 18.1 Å². The number of aliphatic hydroxyl groups excluding tert-OH is 1. The van der Waals surface area contributed by atoms with Crippen LogP contribution < -0.4 is 0 Å². The van der Waals surface area contributed by atoms with Crippen LogP contribution in [0.5, 0.6) is 0 Å². The van der Waals surface area contributed by atoms with E-state index in [9.17, 15) is 14.7 Å². The summed E-state index contributed by atoms with van der Waals surface area (Å²) >= 11 is 0. The normalized spacial score (nSPS) is 46.4. The second-order valence-electron chi connectivity index (χ2n) is 4.33. The molecule has 4 heteroatoms. The minimum atomic E-state index is -1.28. The Balaban J connectivity index is 2.58. The highest BCUT2D eigenvalue weighted by atomic mass is 16.5. The van der Waals surface area contributed by atoms with E-state index in [1.165, 1.54) is 6.08 Å². The molecule has 1 saturated heterocycles. The van der Waals surface area contributed by atoms with Crippen molar-refractivity contribution in [2.24, 2.45) is 10.8 Å². The van der Waals surface area contributed by atoms with Crippen LogP contribution in [0, 0.1) is 10.8 Å². The lowest BCUT2D eigenvalue weighted by Gasteiger charge is -2.39. The third-order valence-corrected chi connectivity index (χ3v) is 3.55. The average molecular weight is 196 g/mol. The fourth-order valence-corrected chi connectivity index (χ4v) is 2.04. The van der Waals surface area contributed by atoms with Crippen LogP contribution in [0.4, 0.5) is 0 Å². The standard InChI is InChI=1S/C10H12O4/c1-9-4-3-6(11)7(12)10(9,2)8(13)14-5-9/h3-4,7,12H,5H2,1-2H3/t7?,9-,10+/m1/s1. The number of carbonyl (C=O) groups is 2. The highest BCUT2D eigenvalue weighted by Crippen LogP contribution is 2.51. The summed E-state index contributed by atoms with van der Waals surface area (Å²) in [5.41, 5.74) is -1.70. The number of rotatable bonds is 0. The van der Waals surface area contributed by atoms with Gasteiger partial charge in [-0.05, 0) is 13.0 Å². The number of aliphatic hydroxyl groups is 1. The molecule has 1 unspecified atom stereocenters. The summed E-state index contributed by atoms with van der Waals surface area (Å²) in [6.07, 6.45) is 1.70. The maximum atomic E-state index is 11.5. The van der Waals surface area contributed by atoms with Crippen molar-refractivity contribution in [1.82, 2.24) is 0 Å². The number of ether oxygens (including phenoxy) is 1. The monoisotopic (exact) mass is 196 g/mol. The zero-order chi connectivity index (χ0) is 10.6. The predicted octanol–water partition coefficient (Wildman–Crippen LogP) is 0.0556. The fourth-order valence-electron chi connectivity index (χ4n) is 2.04. The van der Waals surface area contributed by atoms with Gasteiger partial charge in [0, 0.05) is 5.41 Å². The minimum absolute atomic E-state index is 0.225. The largest absolute Gasteiger partial charge is 0.464 e. The summed E-state index contributed by atoms with van der Waals surface area (Å²) in [6.45, 7) is 3.61. The molecular formula is C10H12O4. The fraction of sp³-hybridized carbons (Fsp3) is 0.600. The third kappa shape index (κ3) is 0.817. The van der Waals surface area contributed by atoms with Crippen molar-refractivity contribution in [3.63, 3.8) is 0 Å². The van der Waals surface area contributed by atoms with Crippen molar-refractivity contribution >= 4 is 11.8 Å². The molecule has 0 aromatic carbocycles. The van der Waals surface area contributed by atoms with Gasteiger partial charge in [0.15, 0.2) is 5.78 Å². The van der Waals surface area contributed by atoms with E-state index in [0.29, 0.717) is 0 Å². The highest BCUT2D eigenvalue weighted by Gasteiger charge is 2.63. The SMILES string of the molecule is C[C@]12C=CC(=O)C(O)[C@@]1(C)C(=O)OC2. The number of fused-ring (bicyclic) bond motifs is 1. The molecule has 0 amide bonds. The van der Waals surface area contributed by atoms with E-state index in [0.717, 1.165) is 0 Å². The summed E-state index contributed by atoms with van der Waals surface area (Å²) in [6, 6.07) is 0. The molecule has 2 rings (SSSR count). The molecule has 1 N–H and O–H groups in total. The molecule has 0 aromatic rings. The van der Waals surface area contributed by atoms with Gasteiger partial charge < -0.3 is 9.84 Å². The Kier molecular flexibility index (Phi) is 1.64. The predicted molar refractivity (Wildman–Crippen MR) is 47.3 cm³/mol. The van der Waals surface area contributed by atoms with Crippen LogP contribution in [0.2, 0.25) is 0 Å². The summed E-state index contributed by atoms with van der Waals surface area (Å²) in [7, 11) is 0. The smallest absolute Gasteiger partial charge is 0.315 e. The molecule has 0 saturated carbocycles. The Labute approximate surface area is 81.6 Å².